The SMILES string of the molecule is CCOC(=O)C(C)(C(=O)OCC)c1cc(Br)cc(Br)c1OC. The number of hydrogen-bond donors (Lipinski definition) is 0. The zero-order valence-corrected chi connectivity index (χ0v) is 16.0. The van der Waals surface area contributed by atoms with Gasteiger partial charge in [0.15, 0.2) is 5.41 Å². The number of carbonyl (C=O) groups excluding carboxylic acids is 2. The second-order valence-corrected chi connectivity index (χ2v) is 6.30. The van der Waals surface area contributed by atoms with Gasteiger partial charge < -0.3 is 14.2 Å². The third-order valence-electron chi connectivity index (χ3n) is 3.12. The number of benzene rings is 1. The summed E-state index contributed by atoms with van der Waals surface area (Å²) in [5.41, 5.74) is -1.25. The van der Waals surface area contributed by atoms with Crippen LogP contribution in [0.15, 0.2) is 21.1 Å². The minimum absolute atomic E-state index is 0.158. The molecule has 0 amide bonds. The molecule has 1 aromatic carbocycles. The van der Waals surface area contributed by atoms with Crippen LogP contribution in [0, 0.1) is 0 Å². The summed E-state index contributed by atoms with van der Waals surface area (Å²) in [6.07, 6.45) is 0. The molecule has 22 heavy (non-hydrogen) atoms. The zero-order chi connectivity index (χ0) is 16.9. The van der Waals surface area contributed by atoms with Crippen LogP contribution in [-0.4, -0.2) is 32.3 Å². The van der Waals surface area contributed by atoms with Gasteiger partial charge in [0.05, 0.1) is 24.8 Å². The Balaban J connectivity index is 3.58. The Kier molecular flexibility index (Phi) is 6.87. The minimum Gasteiger partial charge on any atom is -0.495 e. The second-order valence-electron chi connectivity index (χ2n) is 4.53. The number of carbonyl (C=O) groups is 2. The van der Waals surface area contributed by atoms with Gasteiger partial charge in [0.1, 0.15) is 5.75 Å². The standard InChI is InChI=1S/C15H18Br2O5/c1-5-21-13(18)15(3,14(19)22-6-2)10-7-9(16)8-11(17)12(10)20-4/h7-8H,5-6H2,1-4H3. The van der Waals surface area contributed by atoms with Gasteiger partial charge in [-0.05, 0) is 48.8 Å². The monoisotopic (exact) mass is 436 g/mol. The average molecular weight is 438 g/mol. The molecule has 7 heteroatoms. The van der Waals surface area contributed by atoms with Crippen molar-refractivity contribution in [2.45, 2.75) is 26.2 Å². The van der Waals surface area contributed by atoms with Crippen molar-refractivity contribution in [3.05, 3.63) is 26.6 Å². The number of rotatable bonds is 6. The van der Waals surface area contributed by atoms with Gasteiger partial charge in [-0.25, -0.2) is 0 Å². The van der Waals surface area contributed by atoms with Crippen LogP contribution in [0.4, 0.5) is 0 Å². The fourth-order valence-electron chi connectivity index (χ4n) is 1.99. The Labute approximate surface area is 146 Å². The van der Waals surface area contributed by atoms with E-state index in [1.165, 1.54) is 14.0 Å². The van der Waals surface area contributed by atoms with Crippen molar-refractivity contribution in [1.82, 2.24) is 0 Å². The molecule has 0 atom stereocenters. The fraction of sp³-hybridized carbons (Fsp3) is 0.467. The van der Waals surface area contributed by atoms with E-state index in [0.717, 1.165) is 0 Å². The summed E-state index contributed by atoms with van der Waals surface area (Å²) in [7, 11) is 1.47. The largest absolute Gasteiger partial charge is 0.495 e. The summed E-state index contributed by atoms with van der Waals surface area (Å²) in [4.78, 5) is 24.9. The molecule has 0 radical (unpaired) electrons. The summed E-state index contributed by atoms with van der Waals surface area (Å²) < 4.78 is 16.8. The van der Waals surface area contributed by atoms with E-state index in [2.05, 4.69) is 31.9 Å². The second kappa shape index (κ2) is 7.97. The summed E-state index contributed by atoms with van der Waals surface area (Å²) in [5.74, 6) is -0.986. The van der Waals surface area contributed by atoms with Crippen LogP contribution >= 0.6 is 31.9 Å². The molecular formula is C15H18Br2O5. The van der Waals surface area contributed by atoms with E-state index in [1.807, 2.05) is 0 Å². The van der Waals surface area contributed by atoms with Crippen molar-refractivity contribution in [2.75, 3.05) is 20.3 Å². The first-order valence-corrected chi connectivity index (χ1v) is 8.29. The molecular weight excluding hydrogens is 420 g/mol. The molecule has 5 nitrogen and oxygen atoms in total. The highest BCUT2D eigenvalue weighted by molar-refractivity contribution is 9.11. The Bertz CT molecular complexity index is 553. The van der Waals surface area contributed by atoms with Crippen molar-refractivity contribution >= 4 is 43.8 Å². The van der Waals surface area contributed by atoms with Gasteiger partial charge in [-0.1, -0.05) is 15.9 Å². The normalized spacial score (nSPS) is 11.0. The van der Waals surface area contributed by atoms with Crippen LogP contribution in [0.5, 0.6) is 5.75 Å². The molecule has 0 saturated carbocycles. The molecule has 0 aliphatic carbocycles. The zero-order valence-electron chi connectivity index (χ0n) is 12.9. The Hall–Kier alpha value is -1.08. The molecule has 0 heterocycles. The van der Waals surface area contributed by atoms with Crippen molar-refractivity contribution in [2.24, 2.45) is 0 Å². The van der Waals surface area contributed by atoms with Gasteiger partial charge in [0, 0.05) is 10.0 Å². The predicted molar refractivity (Wildman–Crippen MR) is 89.0 cm³/mol. The molecule has 0 aliphatic heterocycles. The van der Waals surface area contributed by atoms with Crippen LogP contribution in [0.25, 0.3) is 0 Å². The highest BCUT2D eigenvalue weighted by atomic mass is 79.9. The minimum atomic E-state index is -1.62. The maximum atomic E-state index is 12.5. The van der Waals surface area contributed by atoms with Gasteiger partial charge >= 0.3 is 11.9 Å². The summed E-state index contributed by atoms with van der Waals surface area (Å²) in [5, 5.41) is 0. The predicted octanol–water partition coefficient (Wildman–Crippen LogP) is 3.60. The molecule has 0 bridgehead atoms. The first-order valence-electron chi connectivity index (χ1n) is 6.70. The molecule has 0 unspecified atom stereocenters. The van der Waals surface area contributed by atoms with Crippen molar-refractivity contribution in [3.63, 3.8) is 0 Å². The van der Waals surface area contributed by atoms with Gasteiger partial charge in [0.2, 0.25) is 0 Å². The molecule has 1 rings (SSSR count). The summed E-state index contributed by atoms with van der Waals surface area (Å²) in [6.45, 7) is 5.14. The topological polar surface area (TPSA) is 61.8 Å². The Morgan fingerprint density at radius 1 is 1.09 bits per heavy atom. The number of hydrogen-bond acceptors (Lipinski definition) is 5. The van der Waals surface area contributed by atoms with E-state index in [1.54, 1.807) is 26.0 Å². The molecule has 0 aromatic heterocycles. The van der Waals surface area contributed by atoms with Crippen molar-refractivity contribution < 1.29 is 23.8 Å². The van der Waals surface area contributed by atoms with Gasteiger partial charge in [-0.2, -0.15) is 0 Å². The first kappa shape index (κ1) is 19.0. The number of esters is 2. The van der Waals surface area contributed by atoms with E-state index in [-0.39, 0.29) is 13.2 Å². The van der Waals surface area contributed by atoms with Gasteiger partial charge in [-0.15, -0.1) is 0 Å². The molecule has 0 fully saturated rings. The van der Waals surface area contributed by atoms with Gasteiger partial charge in [0.25, 0.3) is 0 Å². The Morgan fingerprint density at radius 3 is 2.00 bits per heavy atom. The lowest BCUT2D eigenvalue weighted by Gasteiger charge is -2.27. The lowest BCUT2D eigenvalue weighted by Crippen LogP contribution is -2.44. The summed E-state index contributed by atoms with van der Waals surface area (Å²) >= 11 is 6.72. The number of methoxy groups -OCH3 is 1. The Morgan fingerprint density at radius 2 is 1.59 bits per heavy atom. The highest BCUT2D eigenvalue weighted by Crippen LogP contribution is 2.41. The first-order chi connectivity index (χ1) is 10.3. The van der Waals surface area contributed by atoms with Crippen LogP contribution in [-0.2, 0) is 24.5 Å². The molecule has 0 N–H and O–H groups in total. The molecule has 1 aromatic rings. The van der Waals surface area contributed by atoms with Crippen LogP contribution in [0.2, 0.25) is 0 Å². The molecule has 0 spiro atoms. The third kappa shape index (κ3) is 3.63. The number of halogens is 2. The smallest absolute Gasteiger partial charge is 0.327 e. The molecule has 122 valence electrons. The van der Waals surface area contributed by atoms with E-state index >= 15 is 0 Å². The lowest BCUT2D eigenvalue weighted by atomic mass is 9.81. The van der Waals surface area contributed by atoms with Gasteiger partial charge in [-0.3, -0.25) is 9.59 Å². The maximum Gasteiger partial charge on any atom is 0.327 e. The third-order valence-corrected chi connectivity index (χ3v) is 4.17. The summed E-state index contributed by atoms with van der Waals surface area (Å²) in [6, 6.07) is 3.41. The highest BCUT2D eigenvalue weighted by Gasteiger charge is 2.48. The lowest BCUT2D eigenvalue weighted by molar-refractivity contribution is -0.163. The van der Waals surface area contributed by atoms with Crippen LogP contribution in [0.1, 0.15) is 26.3 Å². The van der Waals surface area contributed by atoms with Crippen LogP contribution in [0.3, 0.4) is 0 Å². The van der Waals surface area contributed by atoms with Crippen molar-refractivity contribution in [3.8, 4) is 5.75 Å². The maximum absolute atomic E-state index is 12.5. The van der Waals surface area contributed by atoms with E-state index in [9.17, 15) is 9.59 Å². The van der Waals surface area contributed by atoms with E-state index in [4.69, 9.17) is 14.2 Å². The molecule has 0 saturated heterocycles. The fourth-order valence-corrected chi connectivity index (χ4v) is 3.38. The van der Waals surface area contributed by atoms with E-state index in [0.29, 0.717) is 20.3 Å². The average Bonchev–Trinajstić information content (AvgIpc) is 2.46. The van der Waals surface area contributed by atoms with E-state index < -0.39 is 17.4 Å². The molecule has 0 aliphatic rings. The van der Waals surface area contributed by atoms with Crippen molar-refractivity contribution in [1.29, 1.82) is 0 Å². The number of ether oxygens (including phenoxy) is 3. The quantitative estimate of drug-likeness (QED) is 0.502. The van der Waals surface area contributed by atoms with Crippen LogP contribution < -0.4 is 4.74 Å².